The van der Waals surface area contributed by atoms with Crippen LogP contribution in [0.2, 0.25) is 0 Å². The largest absolute Gasteiger partial charge is 0.508 e. The number of benzene rings is 2. The summed E-state index contributed by atoms with van der Waals surface area (Å²) in [6.07, 6.45) is 5.77. The Morgan fingerprint density at radius 2 is 1.84 bits per heavy atom. The highest BCUT2D eigenvalue weighted by Gasteiger charge is 2.13. The summed E-state index contributed by atoms with van der Waals surface area (Å²) in [7, 11) is 0. The first-order valence-corrected chi connectivity index (χ1v) is 9.10. The van der Waals surface area contributed by atoms with E-state index in [0.717, 1.165) is 47.2 Å². The van der Waals surface area contributed by atoms with E-state index in [1.165, 1.54) is 19.3 Å². The molecule has 0 aliphatic carbocycles. The van der Waals surface area contributed by atoms with Crippen LogP contribution in [-0.2, 0) is 19.6 Å². The zero-order valence-corrected chi connectivity index (χ0v) is 14.5. The van der Waals surface area contributed by atoms with Gasteiger partial charge in [0.05, 0.1) is 13.2 Å². The number of hydrogen-bond acceptors (Lipinski definition) is 4. The lowest BCUT2D eigenvalue weighted by atomic mass is 9.93. The number of aliphatic hydroxyl groups excluding tert-OH is 2. The summed E-state index contributed by atoms with van der Waals surface area (Å²) in [5.41, 5.74) is 4.44. The van der Waals surface area contributed by atoms with E-state index >= 15 is 0 Å². The van der Waals surface area contributed by atoms with Gasteiger partial charge in [0.25, 0.3) is 0 Å². The van der Waals surface area contributed by atoms with Gasteiger partial charge in [-0.05, 0) is 72.2 Å². The highest BCUT2D eigenvalue weighted by atomic mass is 16.3. The number of rotatable bonds is 6. The minimum Gasteiger partial charge on any atom is -0.508 e. The second kappa shape index (κ2) is 8.48. The average Bonchev–Trinajstić information content (AvgIpc) is 2.66. The fourth-order valence-electron chi connectivity index (χ4n) is 3.64. The smallest absolute Gasteiger partial charge is 0.116 e. The van der Waals surface area contributed by atoms with Crippen molar-refractivity contribution in [1.29, 1.82) is 0 Å². The van der Waals surface area contributed by atoms with E-state index in [-0.39, 0.29) is 19.0 Å². The van der Waals surface area contributed by atoms with Crippen LogP contribution in [0.5, 0.6) is 5.75 Å². The quantitative estimate of drug-likeness (QED) is 0.651. The normalized spacial score (nSPS) is 17.6. The van der Waals surface area contributed by atoms with Crippen LogP contribution in [0.1, 0.15) is 42.4 Å². The van der Waals surface area contributed by atoms with E-state index in [9.17, 15) is 15.3 Å². The van der Waals surface area contributed by atoms with Crippen LogP contribution in [0.3, 0.4) is 0 Å². The maximum atomic E-state index is 10.1. The number of aromatic hydroxyl groups is 1. The van der Waals surface area contributed by atoms with Crippen LogP contribution < -0.4 is 5.32 Å². The highest BCUT2D eigenvalue weighted by Crippen LogP contribution is 2.30. The van der Waals surface area contributed by atoms with Gasteiger partial charge in [-0.15, -0.1) is 0 Å². The van der Waals surface area contributed by atoms with Gasteiger partial charge in [-0.2, -0.15) is 0 Å². The van der Waals surface area contributed by atoms with Crippen molar-refractivity contribution in [2.75, 3.05) is 6.54 Å². The van der Waals surface area contributed by atoms with Crippen molar-refractivity contribution >= 4 is 0 Å². The Morgan fingerprint density at radius 1 is 0.960 bits per heavy atom. The number of nitrogens with one attached hydrogen (secondary N) is 1. The van der Waals surface area contributed by atoms with Gasteiger partial charge in [-0.3, -0.25) is 0 Å². The van der Waals surface area contributed by atoms with Crippen molar-refractivity contribution in [3.05, 3.63) is 53.1 Å². The van der Waals surface area contributed by atoms with Gasteiger partial charge in [0.1, 0.15) is 5.75 Å². The van der Waals surface area contributed by atoms with Crippen molar-refractivity contribution in [3.8, 4) is 16.9 Å². The van der Waals surface area contributed by atoms with E-state index in [1.807, 2.05) is 24.3 Å². The van der Waals surface area contributed by atoms with Crippen LogP contribution >= 0.6 is 0 Å². The summed E-state index contributed by atoms with van der Waals surface area (Å²) >= 11 is 0. The molecule has 1 atom stereocenters. The number of aliphatic hydroxyl groups is 2. The molecule has 0 bridgehead atoms. The Balaban J connectivity index is 1.81. The molecule has 4 heteroatoms. The Kier molecular flexibility index (Phi) is 6.08. The molecule has 0 saturated carbocycles. The third-order valence-electron chi connectivity index (χ3n) is 5.00. The molecular weight excluding hydrogens is 314 g/mol. The molecule has 4 N–H and O–H groups in total. The minimum absolute atomic E-state index is 0.0487. The van der Waals surface area contributed by atoms with Crippen LogP contribution in [0.4, 0.5) is 0 Å². The van der Waals surface area contributed by atoms with E-state index < -0.39 is 0 Å². The summed E-state index contributed by atoms with van der Waals surface area (Å²) in [4.78, 5) is 0. The molecule has 1 aliphatic heterocycles. The minimum atomic E-state index is -0.0971. The summed E-state index contributed by atoms with van der Waals surface area (Å²) in [5.74, 6) is 0.249. The first-order chi connectivity index (χ1) is 12.2. The van der Waals surface area contributed by atoms with E-state index in [1.54, 1.807) is 6.07 Å². The van der Waals surface area contributed by atoms with Gasteiger partial charge >= 0.3 is 0 Å². The lowest BCUT2D eigenvalue weighted by molar-refractivity contribution is 0.275. The lowest BCUT2D eigenvalue weighted by Gasteiger charge is -2.23. The molecule has 2 aromatic rings. The van der Waals surface area contributed by atoms with Crippen LogP contribution in [-0.4, -0.2) is 27.9 Å². The van der Waals surface area contributed by atoms with Crippen molar-refractivity contribution in [2.45, 2.75) is 51.4 Å². The second-order valence-corrected chi connectivity index (χ2v) is 6.88. The molecule has 0 unspecified atom stereocenters. The number of phenols is 1. The molecule has 4 nitrogen and oxygen atoms in total. The summed E-state index contributed by atoms with van der Waals surface area (Å²) in [6.45, 7) is 0.958. The molecule has 1 aliphatic rings. The number of piperidine rings is 1. The molecule has 2 aromatic carbocycles. The molecule has 25 heavy (non-hydrogen) atoms. The van der Waals surface area contributed by atoms with Crippen molar-refractivity contribution < 1.29 is 15.3 Å². The Bertz CT molecular complexity index is 708. The first-order valence-electron chi connectivity index (χ1n) is 9.10. The number of hydrogen-bond donors (Lipinski definition) is 4. The summed E-state index contributed by atoms with van der Waals surface area (Å²) in [6, 6.07) is 11.8. The Morgan fingerprint density at radius 3 is 2.56 bits per heavy atom. The second-order valence-electron chi connectivity index (χ2n) is 6.88. The number of phenolic OH excluding ortho intramolecular Hbond substituents is 1. The Labute approximate surface area is 149 Å². The summed E-state index contributed by atoms with van der Waals surface area (Å²) in [5, 5.41) is 32.6. The van der Waals surface area contributed by atoms with Crippen LogP contribution in [0.25, 0.3) is 11.1 Å². The van der Waals surface area contributed by atoms with E-state index in [0.29, 0.717) is 6.04 Å². The molecule has 0 amide bonds. The van der Waals surface area contributed by atoms with Crippen molar-refractivity contribution in [3.63, 3.8) is 0 Å². The monoisotopic (exact) mass is 341 g/mol. The fraction of sp³-hybridized carbons (Fsp3) is 0.429. The lowest BCUT2D eigenvalue weighted by Crippen LogP contribution is -2.34. The van der Waals surface area contributed by atoms with Crippen LogP contribution in [0, 0.1) is 0 Å². The predicted octanol–water partition coefficient (Wildman–Crippen LogP) is 3.12. The van der Waals surface area contributed by atoms with Crippen molar-refractivity contribution in [1.82, 2.24) is 5.32 Å². The van der Waals surface area contributed by atoms with Gasteiger partial charge in [0, 0.05) is 6.04 Å². The molecule has 0 spiro atoms. The van der Waals surface area contributed by atoms with Crippen molar-refractivity contribution in [2.24, 2.45) is 0 Å². The van der Waals surface area contributed by atoms with Crippen LogP contribution in [0.15, 0.2) is 36.4 Å². The molecule has 3 rings (SSSR count). The highest BCUT2D eigenvalue weighted by molar-refractivity contribution is 5.70. The number of aryl methyl sites for hydroxylation is 1. The van der Waals surface area contributed by atoms with Gasteiger partial charge in [-0.25, -0.2) is 0 Å². The maximum absolute atomic E-state index is 10.1. The van der Waals surface area contributed by atoms with E-state index in [4.69, 9.17) is 0 Å². The topological polar surface area (TPSA) is 72.7 Å². The summed E-state index contributed by atoms with van der Waals surface area (Å²) < 4.78 is 0. The third-order valence-corrected chi connectivity index (χ3v) is 5.00. The molecular formula is C21H27NO3. The molecule has 1 fully saturated rings. The third kappa shape index (κ3) is 4.60. The molecule has 134 valence electrons. The fourth-order valence-corrected chi connectivity index (χ4v) is 3.64. The molecule has 0 aromatic heterocycles. The van der Waals surface area contributed by atoms with Gasteiger partial charge < -0.3 is 20.6 Å². The van der Waals surface area contributed by atoms with Gasteiger partial charge in [0.15, 0.2) is 0 Å². The zero-order valence-electron chi connectivity index (χ0n) is 14.5. The molecule has 1 saturated heterocycles. The average molecular weight is 341 g/mol. The molecule has 0 radical (unpaired) electrons. The molecule has 1 heterocycles. The predicted molar refractivity (Wildman–Crippen MR) is 99.4 cm³/mol. The Hall–Kier alpha value is -1.88. The SMILES string of the molecule is OCc1ccc(-c2cc(O)cc(CC[C@@H]3CCCCN3)c2)c(CO)c1. The van der Waals surface area contributed by atoms with E-state index in [2.05, 4.69) is 11.4 Å². The van der Waals surface area contributed by atoms with Gasteiger partial charge in [-0.1, -0.05) is 30.7 Å². The maximum Gasteiger partial charge on any atom is 0.116 e. The zero-order chi connectivity index (χ0) is 17.6. The van der Waals surface area contributed by atoms with Gasteiger partial charge in [0.2, 0.25) is 0 Å². The first kappa shape index (κ1) is 17.9. The standard InChI is InChI=1S/C21H27NO3/c23-13-16-5-7-21(18(10-16)14-24)17-9-15(11-20(25)12-17)4-6-19-3-1-2-8-22-19/h5,7,9-12,19,22-25H,1-4,6,8,13-14H2/t19-/m0/s1.